The first kappa shape index (κ1) is 10.7. The van der Waals surface area contributed by atoms with Crippen LogP contribution in [0.15, 0.2) is 22.7 Å². The van der Waals surface area contributed by atoms with Gasteiger partial charge in [0.1, 0.15) is 17.6 Å². The van der Waals surface area contributed by atoms with Gasteiger partial charge in [-0.1, -0.05) is 15.9 Å². The van der Waals surface area contributed by atoms with Crippen molar-refractivity contribution in [2.45, 2.75) is 31.8 Å². The average Bonchev–Trinajstić information content (AvgIpc) is 2.16. The maximum absolute atomic E-state index is 11.1. The maximum Gasteiger partial charge on any atom is 0.127 e. The molecule has 2 nitrogen and oxygen atoms in total. The van der Waals surface area contributed by atoms with Gasteiger partial charge in [-0.25, -0.2) is 0 Å². The topological polar surface area (TPSA) is 26.3 Å². The number of fused-ring (bicyclic) bond motifs is 1. The minimum Gasteiger partial charge on any atom is -0.488 e. The number of aldehydes is 1. The van der Waals surface area contributed by atoms with Gasteiger partial charge < -0.3 is 9.53 Å². The summed E-state index contributed by atoms with van der Waals surface area (Å²) < 4.78 is 6.81. The van der Waals surface area contributed by atoms with Gasteiger partial charge in [-0.3, -0.25) is 0 Å². The van der Waals surface area contributed by atoms with E-state index in [1.807, 2.05) is 32.0 Å². The smallest absolute Gasteiger partial charge is 0.127 e. The zero-order chi connectivity index (χ0) is 11.1. The molecule has 3 heteroatoms. The standard InChI is InChI=1S/C12H13BrO2/c1-12(2)6-8(7-14)10-5-9(13)3-4-11(10)15-12/h3-5,7-8H,6H2,1-2H3. The Hall–Kier alpha value is -0.830. The minimum absolute atomic E-state index is 0.0544. The molecule has 0 N–H and O–H groups in total. The van der Waals surface area contributed by atoms with Crippen LogP contribution in [0.2, 0.25) is 0 Å². The van der Waals surface area contributed by atoms with Crippen LogP contribution in [0.25, 0.3) is 0 Å². The molecule has 0 aromatic heterocycles. The van der Waals surface area contributed by atoms with Crippen LogP contribution < -0.4 is 4.74 Å². The van der Waals surface area contributed by atoms with Gasteiger partial charge in [0.25, 0.3) is 0 Å². The Labute approximate surface area is 97.8 Å². The minimum atomic E-state index is -0.258. The highest BCUT2D eigenvalue weighted by molar-refractivity contribution is 9.10. The van der Waals surface area contributed by atoms with Crippen LogP contribution in [0.1, 0.15) is 31.7 Å². The number of carbonyl (C=O) groups is 1. The fraction of sp³-hybridized carbons (Fsp3) is 0.417. The highest BCUT2D eigenvalue weighted by Gasteiger charge is 2.33. The van der Waals surface area contributed by atoms with E-state index in [4.69, 9.17) is 4.74 Å². The third kappa shape index (κ3) is 2.07. The van der Waals surface area contributed by atoms with E-state index in [1.54, 1.807) is 0 Å². The predicted molar refractivity (Wildman–Crippen MR) is 62.3 cm³/mol. The van der Waals surface area contributed by atoms with Gasteiger partial charge >= 0.3 is 0 Å². The monoisotopic (exact) mass is 268 g/mol. The van der Waals surface area contributed by atoms with Crippen LogP contribution in [0.5, 0.6) is 5.75 Å². The maximum atomic E-state index is 11.1. The fourth-order valence-corrected chi connectivity index (χ4v) is 2.38. The number of carbonyl (C=O) groups excluding carboxylic acids is 1. The molecule has 1 aliphatic heterocycles. The van der Waals surface area contributed by atoms with Gasteiger partial charge in [0.05, 0.1) is 0 Å². The summed E-state index contributed by atoms with van der Waals surface area (Å²) in [6.07, 6.45) is 1.75. The highest BCUT2D eigenvalue weighted by atomic mass is 79.9. The summed E-state index contributed by atoms with van der Waals surface area (Å²) in [5.74, 6) is 0.771. The Morgan fingerprint density at radius 1 is 1.53 bits per heavy atom. The second-order valence-electron chi connectivity index (χ2n) is 4.49. The zero-order valence-corrected chi connectivity index (χ0v) is 10.4. The fourth-order valence-electron chi connectivity index (χ4n) is 2.00. The van der Waals surface area contributed by atoms with Crippen LogP contribution in [0, 0.1) is 0 Å². The molecular weight excluding hydrogens is 256 g/mol. The van der Waals surface area contributed by atoms with Gasteiger partial charge in [0.15, 0.2) is 0 Å². The van der Waals surface area contributed by atoms with E-state index in [-0.39, 0.29) is 11.5 Å². The van der Waals surface area contributed by atoms with Gasteiger partial charge in [0, 0.05) is 22.4 Å². The Kier molecular flexibility index (Phi) is 2.59. The molecule has 0 aliphatic carbocycles. The van der Waals surface area contributed by atoms with Gasteiger partial charge in [-0.05, 0) is 32.0 Å². The molecule has 0 spiro atoms. The summed E-state index contributed by atoms with van der Waals surface area (Å²) in [6.45, 7) is 4.02. The van der Waals surface area contributed by atoms with E-state index in [1.165, 1.54) is 0 Å². The lowest BCUT2D eigenvalue weighted by molar-refractivity contribution is -0.110. The van der Waals surface area contributed by atoms with Crippen molar-refractivity contribution >= 4 is 22.2 Å². The summed E-state index contributed by atoms with van der Waals surface area (Å²) in [5.41, 5.74) is 0.727. The molecule has 0 bridgehead atoms. The molecule has 1 aromatic rings. The highest BCUT2D eigenvalue weighted by Crippen LogP contribution is 2.40. The molecule has 1 heterocycles. The molecule has 0 saturated heterocycles. The van der Waals surface area contributed by atoms with Crippen molar-refractivity contribution in [3.63, 3.8) is 0 Å². The van der Waals surface area contributed by atoms with E-state index < -0.39 is 0 Å². The number of hydrogen-bond donors (Lipinski definition) is 0. The van der Waals surface area contributed by atoms with Gasteiger partial charge in [0.2, 0.25) is 0 Å². The molecule has 80 valence electrons. The Bertz CT molecular complexity index is 399. The molecule has 15 heavy (non-hydrogen) atoms. The SMILES string of the molecule is CC1(C)CC(C=O)c2cc(Br)ccc2O1. The first-order valence-electron chi connectivity index (χ1n) is 4.95. The summed E-state index contributed by atoms with van der Waals surface area (Å²) in [5, 5.41) is 0. The van der Waals surface area contributed by atoms with Crippen LogP contribution >= 0.6 is 15.9 Å². The van der Waals surface area contributed by atoms with Crippen molar-refractivity contribution in [1.82, 2.24) is 0 Å². The zero-order valence-electron chi connectivity index (χ0n) is 8.79. The molecule has 0 fully saturated rings. The quantitative estimate of drug-likeness (QED) is 0.731. The van der Waals surface area contributed by atoms with E-state index in [2.05, 4.69) is 15.9 Å². The summed E-state index contributed by atoms with van der Waals surface area (Å²) >= 11 is 3.40. The lowest BCUT2D eigenvalue weighted by Crippen LogP contribution is -2.35. The van der Waals surface area contributed by atoms with Crippen molar-refractivity contribution in [2.24, 2.45) is 0 Å². The Balaban J connectivity index is 2.49. The number of hydrogen-bond acceptors (Lipinski definition) is 2. The molecule has 2 rings (SSSR count). The predicted octanol–water partition coefficient (Wildman–Crippen LogP) is 3.29. The Morgan fingerprint density at radius 2 is 2.27 bits per heavy atom. The molecule has 0 saturated carbocycles. The van der Waals surface area contributed by atoms with E-state index in [0.717, 1.165) is 28.5 Å². The van der Waals surface area contributed by atoms with E-state index in [0.29, 0.717) is 0 Å². The van der Waals surface area contributed by atoms with E-state index >= 15 is 0 Å². The first-order valence-corrected chi connectivity index (χ1v) is 5.75. The van der Waals surface area contributed by atoms with Crippen LogP contribution in [-0.4, -0.2) is 11.9 Å². The van der Waals surface area contributed by atoms with Crippen molar-refractivity contribution < 1.29 is 9.53 Å². The number of ether oxygens (including phenoxy) is 1. The summed E-state index contributed by atoms with van der Waals surface area (Å²) in [4.78, 5) is 11.1. The largest absolute Gasteiger partial charge is 0.488 e. The number of benzene rings is 1. The van der Waals surface area contributed by atoms with Gasteiger partial charge in [-0.15, -0.1) is 0 Å². The Morgan fingerprint density at radius 3 is 2.93 bits per heavy atom. The molecule has 1 atom stereocenters. The lowest BCUT2D eigenvalue weighted by atomic mass is 9.85. The van der Waals surface area contributed by atoms with Crippen molar-refractivity contribution in [3.8, 4) is 5.75 Å². The second kappa shape index (κ2) is 3.63. The van der Waals surface area contributed by atoms with Crippen LogP contribution in [-0.2, 0) is 4.79 Å². The van der Waals surface area contributed by atoms with Crippen molar-refractivity contribution in [2.75, 3.05) is 0 Å². The van der Waals surface area contributed by atoms with Gasteiger partial charge in [-0.2, -0.15) is 0 Å². The van der Waals surface area contributed by atoms with E-state index in [9.17, 15) is 4.79 Å². The normalized spacial score (nSPS) is 22.7. The average molecular weight is 269 g/mol. The molecule has 0 radical (unpaired) electrons. The third-order valence-electron chi connectivity index (χ3n) is 2.63. The third-order valence-corrected chi connectivity index (χ3v) is 3.13. The lowest BCUT2D eigenvalue weighted by Gasteiger charge is -2.35. The van der Waals surface area contributed by atoms with Crippen molar-refractivity contribution in [1.29, 1.82) is 0 Å². The second-order valence-corrected chi connectivity index (χ2v) is 5.41. The molecule has 1 aliphatic rings. The van der Waals surface area contributed by atoms with Crippen LogP contribution in [0.4, 0.5) is 0 Å². The summed E-state index contributed by atoms with van der Waals surface area (Å²) in [7, 11) is 0. The van der Waals surface area contributed by atoms with Crippen LogP contribution in [0.3, 0.4) is 0 Å². The first-order chi connectivity index (χ1) is 7.02. The number of rotatable bonds is 1. The molecule has 1 aromatic carbocycles. The molecule has 0 amide bonds. The summed E-state index contributed by atoms with van der Waals surface area (Å²) in [6, 6.07) is 5.81. The molecule has 1 unspecified atom stereocenters. The molecular formula is C12H13BrO2. The van der Waals surface area contributed by atoms with Crippen molar-refractivity contribution in [3.05, 3.63) is 28.2 Å². The number of halogens is 1.